The summed E-state index contributed by atoms with van der Waals surface area (Å²) in [6.45, 7) is 5.52. The molecule has 0 bridgehead atoms. The molecule has 0 spiro atoms. The zero-order chi connectivity index (χ0) is 12.3. The molecule has 1 aromatic carbocycles. The van der Waals surface area contributed by atoms with Gasteiger partial charge in [0, 0.05) is 13.1 Å². The molecule has 0 saturated heterocycles. The predicted molar refractivity (Wildman–Crippen MR) is 69.6 cm³/mol. The maximum Gasteiger partial charge on any atom is 0.0697 e. The van der Waals surface area contributed by atoms with E-state index in [0.717, 1.165) is 13.1 Å². The van der Waals surface area contributed by atoms with Gasteiger partial charge in [-0.1, -0.05) is 18.2 Å². The van der Waals surface area contributed by atoms with E-state index in [2.05, 4.69) is 29.6 Å². The Bertz CT molecular complexity index is 441. The van der Waals surface area contributed by atoms with E-state index < -0.39 is 0 Å². The first kappa shape index (κ1) is 12.1. The van der Waals surface area contributed by atoms with Gasteiger partial charge in [0.05, 0.1) is 11.5 Å². The molecule has 0 saturated carbocycles. The fourth-order valence-electron chi connectivity index (χ4n) is 2.29. The van der Waals surface area contributed by atoms with Crippen LogP contribution in [0.5, 0.6) is 0 Å². The molecule has 1 aromatic rings. The molecule has 0 amide bonds. The number of fused-ring (bicyclic) bond motifs is 1. The second kappa shape index (κ2) is 4.89. The van der Waals surface area contributed by atoms with Crippen molar-refractivity contribution in [1.82, 2.24) is 5.32 Å². The molecule has 0 radical (unpaired) electrons. The molecule has 0 atom stereocenters. The van der Waals surface area contributed by atoms with Crippen LogP contribution in [0.4, 0.5) is 0 Å². The first-order valence-electron chi connectivity index (χ1n) is 6.33. The molecule has 2 rings (SSSR count). The van der Waals surface area contributed by atoms with Crippen LogP contribution in [0.2, 0.25) is 0 Å². The third-order valence-corrected chi connectivity index (χ3v) is 3.36. The molecular formula is C15H20N2. The summed E-state index contributed by atoms with van der Waals surface area (Å²) in [7, 11) is 0. The Hall–Kier alpha value is -1.33. The zero-order valence-corrected chi connectivity index (χ0v) is 10.7. The number of benzene rings is 1. The highest BCUT2D eigenvalue weighted by Gasteiger charge is 2.16. The summed E-state index contributed by atoms with van der Waals surface area (Å²) in [4.78, 5) is 0. The largest absolute Gasteiger partial charge is 0.311 e. The van der Waals surface area contributed by atoms with E-state index in [1.165, 1.54) is 36.0 Å². The topological polar surface area (TPSA) is 35.8 Å². The Labute approximate surface area is 104 Å². The standard InChI is InChI=1S/C15H20N2/c1-15(2,10-16)11-17-9-12-6-7-13-4-3-5-14(13)8-12/h6-8,17H,3-5,9,11H2,1-2H3. The van der Waals surface area contributed by atoms with Crippen LogP contribution in [0.15, 0.2) is 18.2 Å². The van der Waals surface area contributed by atoms with Gasteiger partial charge in [0.15, 0.2) is 0 Å². The Morgan fingerprint density at radius 2 is 2.06 bits per heavy atom. The number of aryl methyl sites for hydroxylation is 2. The van der Waals surface area contributed by atoms with Gasteiger partial charge >= 0.3 is 0 Å². The average molecular weight is 228 g/mol. The van der Waals surface area contributed by atoms with Crippen molar-refractivity contribution in [2.24, 2.45) is 5.41 Å². The molecule has 0 fully saturated rings. The Balaban J connectivity index is 1.90. The lowest BCUT2D eigenvalue weighted by atomic mass is 9.96. The number of rotatable bonds is 4. The molecule has 0 aliphatic heterocycles. The lowest BCUT2D eigenvalue weighted by Crippen LogP contribution is -2.27. The van der Waals surface area contributed by atoms with Gasteiger partial charge in [0.2, 0.25) is 0 Å². The Morgan fingerprint density at radius 3 is 2.82 bits per heavy atom. The summed E-state index contributed by atoms with van der Waals surface area (Å²) < 4.78 is 0. The van der Waals surface area contributed by atoms with E-state index in [-0.39, 0.29) is 5.41 Å². The van der Waals surface area contributed by atoms with Crippen LogP contribution in [0.25, 0.3) is 0 Å². The Kier molecular flexibility index (Phi) is 3.49. The second-order valence-corrected chi connectivity index (χ2v) is 5.56. The number of hydrogen-bond donors (Lipinski definition) is 1. The van der Waals surface area contributed by atoms with E-state index in [4.69, 9.17) is 5.26 Å². The highest BCUT2D eigenvalue weighted by Crippen LogP contribution is 2.22. The van der Waals surface area contributed by atoms with Crippen molar-refractivity contribution in [2.75, 3.05) is 6.54 Å². The van der Waals surface area contributed by atoms with Gasteiger partial charge in [-0.3, -0.25) is 0 Å². The van der Waals surface area contributed by atoms with Gasteiger partial charge in [-0.2, -0.15) is 5.26 Å². The highest BCUT2D eigenvalue weighted by atomic mass is 14.9. The van der Waals surface area contributed by atoms with Crippen molar-refractivity contribution in [1.29, 1.82) is 5.26 Å². The van der Waals surface area contributed by atoms with Gasteiger partial charge in [-0.05, 0) is 49.8 Å². The van der Waals surface area contributed by atoms with Crippen LogP contribution in [0.3, 0.4) is 0 Å². The quantitative estimate of drug-likeness (QED) is 0.860. The van der Waals surface area contributed by atoms with E-state index in [1.807, 2.05) is 13.8 Å². The average Bonchev–Trinajstić information content (AvgIpc) is 2.76. The lowest BCUT2D eigenvalue weighted by Gasteiger charge is -2.16. The smallest absolute Gasteiger partial charge is 0.0697 e. The summed E-state index contributed by atoms with van der Waals surface area (Å²) in [5, 5.41) is 12.3. The molecule has 1 aliphatic carbocycles. The van der Waals surface area contributed by atoms with Crippen LogP contribution < -0.4 is 5.32 Å². The highest BCUT2D eigenvalue weighted by molar-refractivity contribution is 5.35. The summed E-state index contributed by atoms with van der Waals surface area (Å²) in [6, 6.07) is 9.08. The van der Waals surface area contributed by atoms with Crippen LogP contribution in [0.1, 0.15) is 37.0 Å². The third-order valence-electron chi connectivity index (χ3n) is 3.36. The molecule has 1 aliphatic rings. The molecule has 0 unspecified atom stereocenters. The molecule has 0 heterocycles. The van der Waals surface area contributed by atoms with E-state index in [0.29, 0.717) is 0 Å². The van der Waals surface area contributed by atoms with Crippen LogP contribution in [0, 0.1) is 16.7 Å². The Morgan fingerprint density at radius 1 is 1.29 bits per heavy atom. The van der Waals surface area contributed by atoms with Gasteiger partial charge in [0.1, 0.15) is 0 Å². The van der Waals surface area contributed by atoms with Crippen molar-refractivity contribution in [3.63, 3.8) is 0 Å². The number of nitrogens with zero attached hydrogens (tertiary/aromatic N) is 1. The fraction of sp³-hybridized carbons (Fsp3) is 0.533. The van der Waals surface area contributed by atoms with Gasteiger partial charge < -0.3 is 5.32 Å². The van der Waals surface area contributed by atoms with Crippen LogP contribution in [-0.4, -0.2) is 6.54 Å². The molecule has 2 nitrogen and oxygen atoms in total. The number of hydrogen-bond acceptors (Lipinski definition) is 2. The summed E-state index contributed by atoms with van der Waals surface area (Å²) in [5.74, 6) is 0. The van der Waals surface area contributed by atoms with E-state index in [9.17, 15) is 0 Å². The maximum absolute atomic E-state index is 8.93. The van der Waals surface area contributed by atoms with Crippen LogP contribution in [-0.2, 0) is 19.4 Å². The van der Waals surface area contributed by atoms with Crippen LogP contribution >= 0.6 is 0 Å². The van der Waals surface area contributed by atoms with Crippen molar-refractivity contribution < 1.29 is 0 Å². The van der Waals surface area contributed by atoms with Gasteiger partial charge in [-0.25, -0.2) is 0 Å². The maximum atomic E-state index is 8.93. The monoisotopic (exact) mass is 228 g/mol. The molecular weight excluding hydrogens is 208 g/mol. The summed E-state index contributed by atoms with van der Waals surface area (Å²) in [5.41, 5.74) is 4.09. The molecule has 2 heteroatoms. The van der Waals surface area contributed by atoms with Crippen molar-refractivity contribution in [3.8, 4) is 6.07 Å². The SMILES string of the molecule is CC(C)(C#N)CNCc1ccc2c(c1)CCC2. The number of nitrogens with one attached hydrogen (secondary N) is 1. The minimum atomic E-state index is -0.281. The zero-order valence-electron chi connectivity index (χ0n) is 10.7. The van der Waals surface area contributed by atoms with Crippen molar-refractivity contribution in [3.05, 3.63) is 34.9 Å². The lowest BCUT2D eigenvalue weighted by molar-refractivity contribution is 0.445. The molecule has 0 aromatic heterocycles. The van der Waals surface area contributed by atoms with E-state index >= 15 is 0 Å². The normalized spacial score (nSPS) is 14.4. The first-order chi connectivity index (χ1) is 8.11. The first-order valence-corrected chi connectivity index (χ1v) is 6.33. The predicted octanol–water partition coefficient (Wildman–Crippen LogP) is 2.81. The third kappa shape index (κ3) is 3.08. The van der Waals surface area contributed by atoms with Crippen molar-refractivity contribution in [2.45, 2.75) is 39.7 Å². The summed E-state index contributed by atoms with van der Waals surface area (Å²) >= 11 is 0. The van der Waals surface area contributed by atoms with E-state index in [1.54, 1.807) is 0 Å². The fourth-order valence-corrected chi connectivity index (χ4v) is 2.29. The number of nitriles is 1. The molecule has 1 N–H and O–H groups in total. The second-order valence-electron chi connectivity index (χ2n) is 5.56. The minimum Gasteiger partial charge on any atom is -0.311 e. The van der Waals surface area contributed by atoms with Gasteiger partial charge in [0.25, 0.3) is 0 Å². The molecule has 17 heavy (non-hydrogen) atoms. The van der Waals surface area contributed by atoms with Gasteiger partial charge in [-0.15, -0.1) is 0 Å². The molecule has 90 valence electrons. The van der Waals surface area contributed by atoms with Crippen molar-refractivity contribution >= 4 is 0 Å². The summed E-state index contributed by atoms with van der Waals surface area (Å²) in [6.07, 6.45) is 3.77. The minimum absolute atomic E-state index is 0.281.